The van der Waals surface area contributed by atoms with E-state index in [0.717, 1.165) is 37.0 Å². The number of unbranched alkanes of at least 4 members (excludes halogenated alkanes) is 4. The smallest absolute Gasteiger partial charge is 0.394 e. The standard InChI is InChI=1S/C39H77F2O8P/c1-7-8-9-10-11-17-29(2)18-12-19-30(3)20-13-21-31(4)22-14-23-32(5)24-15-25-33(6)26-16-27-48-50(46,47)39(40,41)38-37(45)36(44)35(43)34(28-42)49-38/h29-38,42-45H,7-28H2,1-6H3,(H,46,47)/t29-,30-,31-,32-,33-,34+,35+,36-,37-,38+/m0/s1. The molecule has 5 N–H and O–H groups in total. The monoisotopic (exact) mass is 743 g/mol. The summed E-state index contributed by atoms with van der Waals surface area (Å²) in [6, 6.07) is 0. The molecule has 1 fully saturated rings. The highest BCUT2D eigenvalue weighted by Gasteiger charge is 2.64. The topological polar surface area (TPSA) is 137 Å². The van der Waals surface area contributed by atoms with Gasteiger partial charge < -0.3 is 34.6 Å². The van der Waals surface area contributed by atoms with Gasteiger partial charge in [-0.05, 0) is 42.4 Å². The quantitative estimate of drug-likeness (QED) is 0.0363. The van der Waals surface area contributed by atoms with E-state index in [1.54, 1.807) is 0 Å². The molecule has 0 aromatic carbocycles. The minimum atomic E-state index is -5.61. The molecule has 0 aromatic heterocycles. The number of rotatable bonds is 30. The summed E-state index contributed by atoms with van der Waals surface area (Å²) in [6.45, 7) is 12.6. The second kappa shape index (κ2) is 25.8. The average molecular weight is 743 g/mol. The SMILES string of the molecule is CCCCCCC[C@H](C)CCC[C@H](C)CCC[C@H](C)CCC[C@H](C)CCC[C@H](C)CCCOP(=O)(O)C(F)(F)[C@@H]1O[C@H](CO)[C@@H](O)[C@H](O)[C@@H]1O. The first-order valence-corrected chi connectivity index (χ1v) is 21.8. The van der Waals surface area contributed by atoms with Crippen LogP contribution in [0.3, 0.4) is 0 Å². The Balaban J connectivity index is 2.15. The molecule has 0 saturated carbocycles. The molecular weight excluding hydrogens is 665 g/mol. The lowest BCUT2D eigenvalue weighted by atomic mass is 9.89. The minimum Gasteiger partial charge on any atom is -0.394 e. The molecule has 1 aliphatic heterocycles. The molecule has 0 radical (unpaired) electrons. The van der Waals surface area contributed by atoms with Gasteiger partial charge in [0.25, 0.3) is 0 Å². The van der Waals surface area contributed by atoms with E-state index in [0.29, 0.717) is 24.7 Å². The summed E-state index contributed by atoms with van der Waals surface area (Å²) in [4.78, 5) is 10.0. The van der Waals surface area contributed by atoms with Crippen LogP contribution >= 0.6 is 7.60 Å². The van der Waals surface area contributed by atoms with E-state index >= 15 is 0 Å². The third-order valence-corrected chi connectivity index (χ3v) is 12.6. The van der Waals surface area contributed by atoms with Crippen molar-refractivity contribution >= 4 is 7.60 Å². The zero-order valence-electron chi connectivity index (χ0n) is 32.5. The summed E-state index contributed by atoms with van der Waals surface area (Å²) >= 11 is 0. The Labute approximate surface area is 304 Å². The predicted octanol–water partition coefficient (Wildman–Crippen LogP) is 9.63. The first-order chi connectivity index (χ1) is 23.6. The van der Waals surface area contributed by atoms with Crippen molar-refractivity contribution < 1.29 is 47.9 Å². The maximum Gasteiger partial charge on any atom is 0.400 e. The number of halogens is 2. The summed E-state index contributed by atoms with van der Waals surface area (Å²) in [6.07, 6.45) is 13.9. The van der Waals surface area contributed by atoms with Gasteiger partial charge in [-0.3, -0.25) is 4.57 Å². The van der Waals surface area contributed by atoms with Crippen LogP contribution in [0, 0.1) is 29.6 Å². The molecule has 50 heavy (non-hydrogen) atoms. The second-order valence-electron chi connectivity index (χ2n) is 16.3. The van der Waals surface area contributed by atoms with Gasteiger partial charge in [-0.15, -0.1) is 0 Å². The highest BCUT2D eigenvalue weighted by atomic mass is 31.2. The normalized spacial score (nSPS) is 25.9. The highest BCUT2D eigenvalue weighted by molar-refractivity contribution is 7.54. The Morgan fingerprint density at radius 1 is 0.620 bits per heavy atom. The van der Waals surface area contributed by atoms with E-state index < -0.39 is 50.4 Å². The molecule has 11 atom stereocenters. The van der Waals surface area contributed by atoms with Crippen LogP contribution < -0.4 is 0 Å². The summed E-state index contributed by atoms with van der Waals surface area (Å²) in [5.41, 5.74) is -4.57. The van der Waals surface area contributed by atoms with Gasteiger partial charge in [-0.1, -0.05) is 157 Å². The summed E-state index contributed by atoms with van der Waals surface area (Å²) < 4.78 is 51.8. The van der Waals surface area contributed by atoms with Gasteiger partial charge >= 0.3 is 13.3 Å². The van der Waals surface area contributed by atoms with E-state index in [2.05, 4.69) is 41.5 Å². The molecular formula is C39H77F2O8P. The molecule has 300 valence electrons. The van der Waals surface area contributed by atoms with Crippen molar-refractivity contribution in [1.29, 1.82) is 0 Å². The van der Waals surface area contributed by atoms with Gasteiger partial charge in [-0.2, -0.15) is 8.78 Å². The van der Waals surface area contributed by atoms with Crippen LogP contribution in [0.5, 0.6) is 0 Å². The predicted molar refractivity (Wildman–Crippen MR) is 198 cm³/mol. The number of aliphatic hydroxyl groups is 4. The Morgan fingerprint density at radius 3 is 1.40 bits per heavy atom. The van der Waals surface area contributed by atoms with Gasteiger partial charge in [0.15, 0.2) is 6.10 Å². The fraction of sp³-hybridized carbons (Fsp3) is 1.00. The molecule has 1 heterocycles. The number of hydrogen-bond donors (Lipinski definition) is 5. The lowest BCUT2D eigenvalue weighted by Gasteiger charge is -2.43. The first-order valence-electron chi connectivity index (χ1n) is 20.2. The third kappa shape index (κ3) is 18.2. The molecule has 0 aromatic rings. The lowest BCUT2D eigenvalue weighted by molar-refractivity contribution is -0.265. The van der Waals surface area contributed by atoms with E-state index in [4.69, 9.17) is 9.26 Å². The van der Waals surface area contributed by atoms with Crippen molar-refractivity contribution in [3.63, 3.8) is 0 Å². The fourth-order valence-electron chi connectivity index (χ4n) is 7.33. The molecule has 11 heteroatoms. The van der Waals surface area contributed by atoms with Crippen molar-refractivity contribution in [2.75, 3.05) is 13.2 Å². The summed E-state index contributed by atoms with van der Waals surface area (Å²) in [5.74, 6) is 3.44. The van der Waals surface area contributed by atoms with Crippen LogP contribution in [0.1, 0.15) is 170 Å². The highest BCUT2D eigenvalue weighted by Crippen LogP contribution is 2.61. The van der Waals surface area contributed by atoms with Crippen molar-refractivity contribution in [1.82, 2.24) is 0 Å². The van der Waals surface area contributed by atoms with Crippen molar-refractivity contribution in [2.24, 2.45) is 29.6 Å². The number of ether oxygens (including phenoxy) is 1. The largest absolute Gasteiger partial charge is 0.400 e. The van der Waals surface area contributed by atoms with Crippen LogP contribution in [0.25, 0.3) is 0 Å². The van der Waals surface area contributed by atoms with Crippen molar-refractivity contribution in [3.8, 4) is 0 Å². The van der Waals surface area contributed by atoms with E-state index in [-0.39, 0.29) is 6.61 Å². The molecule has 8 nitrogen and oxygen atoms in total. The first kappa shape index (κ1) is 47.8. The van der Waals surface area contributed by atoms with E-state index in [1.165, 1.54) is 96.3 Å². The van der Waals surface area contributed by atoms with Gasteiger partial charge in [0.1, 0.15) is 24.4 Å². The number of hydrogen-bond acceptors (Lipinski definition) is 7. The van der Waals surface area contributed by atoms with Gasteiger partial charge in [0.2, 0.25) is 0 Å². The van der Waals surface area contributed by atoms with Crippen molar-refractivity contribution in [2.45, 2.75) is 206 Å². The Kier molecular flexibility index (Phi) is 24.6. The Morgan fingerprint density at radius 2 is 1.00 bits per heavy atom. The number of alkyl halides is 2. The summed E-state index contributed by atoms with van der Waals surface area (Å²) in [5, 5.41) is 38.8. The second-order valence-corrected chi connectivity index (χ2v) is 18.2. The zero-order valence-corrected chi connectivity index (χ0v) is 33.4. The van der Waals surface area contributed by atoms with Gasteiger partial charge in [-0.25, -0.2) is 0 Å². The molecule has 0 amide bonds. The van der Waals surface area contributed by atoms with E-state index in [1.807, 2.05) is 0 Å². The summed E-state index contributed by atoms with van der Waals surface area (Å²) in [7, 11) is -5.61. The molecule has 1 saturated heterocycles. The number of aliphatic hydroxyl groups excluding tert-OH is 4. The lowest BCUT2D eigenvalue weighted by Crippen LogP contribution is -2.63. The van der Waals surface area contributed by atoms with Gasteiger partial charge in [0, 0.05) is 0 Å². The molecule has 1 rings (SSSR count). The molecule has 0 aliphatic carbocycles. The average Bonchev–Trinajstić information content (AvgIpc) is 3.05. The minimum absolute atomic E-state index is 0.306. The van der Waals surface area contributed by atoms with Crippen LogP contribution in [0.2, 0.25) is 0 Å². The maximum absolute atomic E-state index is 14.9. The van der Waals surface area contributed by atoms with Crippen LogP contribution in [0.4, 0.5) is 8.78 Å². The van der Waals surface area contributed by atoms with Crippen molar-refractivity contribution in [3.05, 3.63) is 0 Å². The third-order valence-electron chi connectivity index (χ3n) is 11.1. The molecule has 1 unspecified atom stereocenters. The maximum atomic E-state index is 14.9. The van der Waals surface area contributed by atoms with Gasteiger partial charge in [0.05, 0.1) is 13.2 Å². The molecule has 0 bridgehead atoms. The van der Waals surface area contributed by atoms with Crippen LogP contribution in [-0.4, -0.2) is 74.7 Å². The van der Waals surface area contributed by atoms with E-state index in [9.17, 15) is 38.7 Å². The fourth-order valence-corrected chi connectivity index (χ4v) is 8.42. The Hall–Kier alpha value is -0.190. The Bertz CT molecular complexity index is 896. The van der Waals surface area contributed by atoms with Crippen LogP contribution in [-0.2, 0) is 13.8 Å². The zero-order chi connectivity index (χ0) is 37.7. The molecule has 1 aliphatic rings. The molecule has 0 spiro atoms. The van der Waals surface area contributed by atoms with Crippen LogP contribution in [0.15, 0.2) is 0 Å².